The number of hydrogen-bond donors (Lipinski definition) is 0. The van der Waals surface area contributed by atoms with E-state index < -0.39 is 11.7 Å². The molecule has 0 radical (unpaired) electrons. The van der Waals surface area contributed by atoms with E-state index in [1.54, 1.807) is 12.1 Å². The largest absolute Gasteiger partial charge is 0.416 e. The van der Waals surface area contributed by atoms with Crippen LogP contribution in [0.5, 0.6) is 0 Å². The summed E-state index contributed by atoms with van der Waals surface area (Å²) in [7, 11) is 1.99. The lowest BCUT2D eigenvalue weighted by atomic mass is 9.97. The van der Waals surface area contributed by atoms with Gasteiger partial charge in [0.15, 0.2) is 0 Å². The van der Waals surface area contributed by atoms with Crippen LogP contribution < -0.4 is 0 Å². The molecule has 1 atom stereocenters. The Morgan fingerprint density at radius 2 is 1.80 bits per heavy atom. The van der Waals surface area contributed by atoms with Gasteiger partial charge in [0.05, 0.1) is 17.3 Å². The van der Waals surface area contributed by atoms with Crippen molar-refractivity contribution in [2.45, 2.75) is 77.4 Å². The van der Waals surface area contributed by atoms with Gasteiger partial charge in [-0.1, -0.05) is 76.3 Å². The summed E-state index contributed by atoms with van der Waals surface area (Å²) in [6.07, 6.45) is 7.86. The minimum Gasteiger partial charge on any atom is -0.291 e. The molecule has 2 nitrogen and oxygen atoms in total. The summed E-state index contributed by atoms with van der Waals surface area (Å²) >= 11 is 0. The van der Waals surface area contributed by atoms with Crippen LogP contribution in [0.1, 0.15) is 75.5 Å². The summed E-state index contributed by atoms with van der Waals surface area (Å²) in [6.45, 7) is 8.84. The molecule has 0 N–H and O–H groups in total. The normalized spacial score (nSPS) is 17.7. The lowest BCUT2D eigenvalue weighted by molar-refractivity contribution is -0.138. The fraction of sp³-hybridized carbons (Fsp3) is 0.560. The van der Waals surface area contributed by atoms with Crippen LogP contribution in [0.3, 0.4) is 0 Å². The molecule has 0 spiro atoms. The average molecular weight is 421 g/mol. The first-order chi connectivity index (χ1) is 14.2. The standard InChI is InChI=1S/C25H35F3N2/c1-5-6-7-8-9-10-11-13-21-15-16-22(18-23(21)25(26,27)28)19(2)29-20(3)24-14-12-17-30(24)4/h12,14-16,18,24H,2,5-11,13,17H2,1,3-4H3/b29-20+. The predicted octanol–water partition coefficient (Wildman–Crippen LogP) is 7.30. The third-order valence-electron chi connectivity index (χ3n) is 5.72. The number of benzene rings is 1. The lowest BCUT2D eigenvalue weighted by Crippen LogP contribution is -2.31. The van der Waals surface area contributed by atoms with Crippen molar-refractivity contribution in [1.82, 2.24) is 4.90 Å². The molecular formula is C25H35F3N2. The van der Waals surface area contributed by atoms with Gasteiger partial charge in [0.2, 0.25) is 0 Å². The Morgan fingerprint density at radius 3 is 2.40 bits per heavy atom. The molecule has 1 aromatic carbocycles. The Balaban J connectivity index is 2.06. The highest BCUT2D eigenvalue weighted by Crippen LogP contribution is 2.35. The summed E-state index contributed by atoms with van der Waals surface area (Å²) < 4.78 is 41.1. The summed E-state index contributed by atoms with van der Waals surface area (Å²) in [5.74, 6) is 0. The second-order valence-electron chi connectivity index (χ2n) is 8.25. The molecule has 0 saturated heterocycles. The highest BCUT2D eigenvalue weighted by Gasteiger charge is 2.33. The fourth-order valence-corrected chi connectivity index (χ4v) is 3.93. The van der Waals surface area contributed by atoms with Crippen molar-refractivity contribution in [3.8, 4) is 0 Å². The Labute approximate surface area is 179 Å². The summed E-state index contributed by atoms with van der Waals surface area (Å²) in [6, 6.07) is 4.61. The van der Waals surface area contributed by atoms with Gasteiger partial charge >= 0.3 is 6.18 Å². The number of rotatable bonds is 11. The molecule has 30 heavy (non-hydrogen) atoms. The van der Waals surface area contributed by atoms with Crippen molar-refractivity contribution in [1.29, 1.82) is 0 Å². The van der Waals surface area contributed by atoms with Gasteiger partial charge in [-0.15, -0.1) is 0 Å². The monoisotopic (exact) mass is 420 g/mol. The molecule has 1 aliphatic heterocycles. The Bertz CT molecular complexity index is 762. The molecule has 0 amide bonds. The van der Waals surface area contributed by atoms with Gasteiger partial charge < -0.3 is 0 Å². The number of nitrogens with zero attached hydrogens (tertiary/aromatic N) is 2. The van der Waals surface area contributed by atoms with Crippen LogP contribution >= 0.6 is 0 Å². The quantitative estimate of drug-likeness (QED) is 0.208. The summed E-state index contributed by atoms with van der Waals surface area (Å²) in [5.41, 5.74) is 1.44. The number of aliphatic imine (C=N–C) groups is 1. The number of likely N-dealkylation sites (N-methyl/N-ethyl adjacent to an activating group) is 1. The van der Waals surface area contributed by atoms with E-state index in [0.717, 1.165) is 31.5 Å². The Kier molecular flexibility index (Phi) is 9.35. The fourth-order valence-electron chi connectivity index (χ4n) is 3.93. The topological polar surface area (TPSA) is 15.6 Å². The van der Waals surface area contributed by atoms with Crippen LogP contribution in [0.25, 0.3) is 5.70 Å². The van der Waals surface area contributed by atoms with E-state index in [1.165, 1.54) is 31.7 Å². The SMILES string of the molecule is C=C(/N=C(\C)C1C=CCN1C)c1ccc(CCCCCCCCC)c(C(F)(F)F)c1. The van der Waals surface area contributed by atoms with Gasteiger partial charge in [-0.25, -0.2) is 0 Å². The van der Waals surface area contributed by atoms with Crippen LogP contribution in [0.2, 0.25) is 0 Å². The van der Waals surface area contributed by atoms with E-state index >= 15 is 0 Å². The molecule has 0 aliphatic carbocycles. The summed E-state index contributed by atoms with van der Waals surface area (Å²) in [4.78, 5) is 6.63. The van der Waals surface area contributed by atoms with Crippen molar-refractivity contribution in [3.63, 3.8) is 0 Å². The van der Waals surface area contributed by atoms with E-state index in [9.17, 15) is 13.2 Å². The second-order valence-corrected chi connectivity index (χ2v) is 8.25. The zero-order valence-corrected chi connectivity index (χ0v) is 18.6. The van der Waals surface area contributed by atoms with Crippen molar-refractivity contribution in [2.75, 3.05) is 13.6 Å². The van der Waals surface area contributed by atoms with Crippen LogP contribution in [0.4, 0.5) is 13.2 Å². The maximum atomic E-state index is 13.7. The van der Waals surface area contributed by atoms with Gasteiger partial charge in [-0.3, -0.25) is 9.89 Å². The molecule has 0 aromatic heterocycles. The lowest BCUT2D eigenvalue weighted by Gasteiger charge is -2.19. The van der Waals surface area contributed by atoms with Crippen LogP contribution in [0, 0.1) is 0 Å². The first-order valence-electron chi connectivity index (χ1n) is 11.1. The highest BCUT2D eigenvalue weighted by molar-refractivity contribution is 5.93. The minimum atomic E-state index is -4.38. The molecule has 5 heteroatoms. The predicted molar refractivity (Wildman–Crippen MR) is 121 cm³/mol. The Morgan fingerprint density at radius 1 is 1.13 bits per heavy atom. The minimum absolute atomic E-state index is 0.0698. The van der Waals surface area contributed by atoms with Gasteiger partial charge in [0.1, 0.15) is 0 Å². The van der Waals surface area contributed by atoms with Crippen LogP contribution in [-0.2, 0) is 12.6 Å². The molecule has 0 fully saturated rings. The molecule has 2 rings (SSSR count). The maximum absolute atomic E-state index is 13.7. The first kappa shape index (κ1) is 24.4. The smallest absolute Gasteiger partial charge is 0.291 e. The average Bonchev–Trinajstić information content (AvgIpc) is 3.12. The molecule has 0 saturated carbocycles. The molecule has 166 valence electrons. The number of unbranched alkanes of at least 4 members (excludes halogenated alkanes) is 6. The zero-order chi connectivity index (χ0) is 22.1. The maximum Gasteiger partial charge on any atom is 0.416 e. The number of hydrogen-bond acceptors (Lipinski definition) is 2. The number of halogens is 3. The molecule has 1 unspecified atom stereocenters. The molecule has 0 bridgehead atoms. The van der Waals surface area contributed by atoms with Crippen molar-refractivity contribution in [2.24, 2.45) is 4.99 Å². The zero-order valence-electron chi connectivity index (χ0n) is 18.6. The van der Waals surface area contributed by atoms with Gasteiger partial charge in [-0.2, -0.15) is 13.2 Å². The molecule has 1 aliphatic rings. The summed E-state index contributed by atoms with van der Waals surface area (Å²) in [5, 5.41) is 0. The Hall–Kier alpha value is -1.88. The van der Waals surface area contributed by atoms with Crippen molar-refractivity contribution < 1.29 is 13.2 Å². The van der Waals surface area contributed by atoms with E-state index in [2.05, 4.69) is 35.5 Å². The third kappa shape index (κ3) is 7.12. The number of alkyl halides is 3. The molecule has 1 aromatic rings. The van der Waals surface area contributed by atoms with E-state index in [-0.39, 0.29) is 6.04 Å². The molecular weight excluding hydrogens is 385 g/mol. The van der Waals surface area contributed by atoms with E-state index in [1.807, 2.05) is 14.0 Å². The second kappa shape index (κ2) is 11.5. The van der Waals surface area contributed by atoms with Gasteiger partial charge in [0, 0.05) is 17.8 Å². The highest BCUT2D eigenvalue weighted by atomic mass is 19.4. The first-order valence-corrected chi connectivity index (χ1v) is 11.1. The van der Waals surface area contributed by atoms with Crippen molar-refractivity contribution in [3.05, 3.63) is 53.6 Å². The molecule has 1 heterocycles. The van der Waals surface area contributed by atoms with E-state index in [4.69, 9.17) is 0 Å². The number of aryl methyl sites for hydroxylation is 1. The third-order valence-corrected chi connectivity index (χ3v) is 5.72. The van der Waals surface area contributed by atoms with Crippen molar-refractivity contribution >= 4 is 11.4 Å². The van der Waals surface area contributed by atoms with Crippen LogP contribution in [-0.4, -0.2) is 30.2 Å². The van der Waals surface area contributed by atoms with Gasteiger partial charge in [-0.05, 0) is 38.4 Å². The van der Waals surface area contributed by atoms with Gasteiger partial charge in [0.25, 0.3) is 0 Å². The van der Waals surface area contributed by atoms with E-state index in [0.29, 0.717) is 23.2 Å². The van der Waals surface area contributed by atoms with Crippen LogP contribution in [0.15, 0.2) is 41.9 Å².